The molecule has 2 rings (SSSR count). The summed E-state index contributed by atoms with van der Waals surface area (Å²) in [4.78, 5) is 13.6. The maximum atomic E-state index is 12.5. The second-order valence-corrected chi connectivity index (χ2v) is 6.10. The van der Waals surface area contributed by atoms with E-state index < -0.39 is 0 Å². The Bertz CT molecular complexity index is 648. The van der Waals surface area contributed by atoms with Crippen LogP contribution in [0.5, 0.6) is 5.75 Å². The van der Waals surface area contributed by atoms with E-state index in [4.69, 9.17) is 4.74 Å². The summed E-state index contributed by atoms with van der Waals surface area (Å²) in [6, 6.07) is 11.9. The van der Waals surface area contributed by atoms with Crippen molar-refractivity contribution >= 4 is 17.5 Å². The molecule has 0 radical (unpaired) electrons. The van der Waals surface area contributed by atoms with Crippen LogP contribution in [0.25, 0.3) is 0 Å². The van der Waals surface area contributed by atoms with Gasteiger partial charge in [-0.3, -0.25) is 4.79 Å². The van der Waals surface area contributed by atoms with E-state index in [-0.39, 0.29) is 5.78 Å². The van der Waals surface area contributed by atoms with Crippen LogP contribution in [0.2, 0.25) is 0 Å². The van der Waals surface area contributed by atoms with Gasteiger partial charge in [-0.15, -0.1) is 11.8 Å². The van der Waals surface area contributed by atoms with Crippen molar-refractivity contribution in [2.75, 3.05) is 12.9 Å². The van der Waals surface area contributed by atoms with E-state index in [1.165, 1.54) is 0 Å². The lowest BCUT2D eigenvalue weighted by atomic mass is 9.96. The van der Waals surface area contributed by atoms with Gasteiger partial charge in [0.1, 0.15) is 5.75 Å². The van der Waals surface area contributed by atoms with Crippen LogP contribution in [-0.2, 0) is 0 Å². The number of carbonyl (C=O) groups is 1. The van der Waals surface area contributed by atoms with Gasteiger partial charge in [-0.05, 0) is 55.7 Å². The van der Waals surface area contributed by atoms with Crippen molar-refractivity contribution in [1.82, 2.24) is 0 Å². The topological polar surface area (TPSA) is 26.3 Å². The van der Waals surface area contributed by atoms with E-state index in [1.54, 1.807) is 18.9 Å². The summed E-state index contributed by atoms with van der Waals surface area (Å²) in [6.07, 6.45) is 0. The predicted octanol–water partition coefficient (Wildman–Crippen LogP) is 4.60. The van der Waals surface area contributed by atoms with E-state index >= 15 is 0 Å². The molecule has 0 unspecified atom stereocenters. The van der Waals surface area contributed by atoms with Crippen LogP contribution >= 0.6 is 11.8 Å². The number of methoxy groups -OCH3 is 1. The lowest BCUT2D eigenvalue weighted by molar-refractivity contribution is 0.102. The molecule has 0 aliphatic heterocycles. The molecule has 0 spiro atoms. The Morgan fingerprint density at radius 2 is 1.76 bits per heavy atom. The average Bonchev–Trinajstić information content (AvgIpc) is 2.50. The van der Waals surface area contributed by atoms with Crippen LogP contribution in [0.4, 0.5) is 0 Å². The summed E-state index contributed by atoms with van der Waals surface area (Å²) in [6.45, 7) is 5.96. The summed E-state index contributed by atoms with van der Waals surface area (Å²) in [5.41, 5.74) is 3.87. The standard InChI is InChI=1S/C18H20O2S/c1-12-10-16(13(2)14(3)18(12)20-4)17(19)11-21-15-8-6-5-7-9-15/h5-10H,11H2,1-4H3. The molecule has 0 aliphatic rings. The maximum Gasteiger partial charge on any atom is 0.173 e. The highest BCUT2D eigenvalue weighted by atomic mass is 32.2. The van der Waals surface area contributed by atoms with Crippen molar-refractivity contribution in [2.45, 2.75) is 25.7 Å². The maximum absolute atomic E-state index is 12.5. The summed E-state index contributed by atoms with van der Waals surface area (Å²) in [5.74, 6) is 1.49. The van der Waals surface area contributed by atoms with Crippen LogP contribution in [-0.4, -0.2) is 18.6 Å². The fraction of sp³-hybridized carbons (Fsp3) is 0.278. The molecule has 2 nitrogen and oxygen atoms in total. The molecule has 0 aliphatic carbocycles. The second kappa shape index (κ2) is 6.81. The predicted molar refractivity (Wildman–Crippen MR) is 88.7 cm³/mol. The van der Waals surface area contributed by atoms with Gasteiger partial charge in [0, 0.05) is 10.5 Å². The second-order valence-electron chi connectivity index (χ2n) is 5.05. The molecule has 0 aromatic heterocycles. The molecule has 0 bridgehead atoms. The molecular formula is C18H20O2S. The van der Waals surface area contributed by atoms with Gasteiger partial charge in [-0.1, -0.05) is 18.2 Å². The zero-order chi connectivity index (χ0) is 15.4. The largest absolute Gasteiger partial charge is 0.496 e. The summed E-state index contributed by atoms with van der Waals surface area (Å²) in [5, 5.41) is 0. The first kappa shape index (κ1) is 15.6. The summed E-state index contributed by atoms with van der Waals surface area (Å²) in [7, 11) is 1.67. The highest BCUT2D eigenvalue weighted by Crippen LogP contribution is 2.29. The zero-order valence-corrected chi connectivity index (χ0v) is 13.7. The van der Waals surface area contributed by atoms with Gasteiger partial charge in [-0.2, -0.15) is 0 Å². The van der Waals surface area contributed by atoms with Crippen LogP contribution in [0.1, 0.15) is 27.0 Å². The van der Waals surface area contributed by atoms with Gasteiger partial charge in [0.2, 0.25) is 0 Å². The first-order valence-electron chi connectivity index (χ1n) is 6.90. The Balaban J connectivity index is 2.20. The molecule has 0 atom stereocenters. The van der Waals surface area contributed by atoms with Gasteiger partial charge >= 0.3 is 0 Å². The van der Waals surface area contributed by atoms with Crippen molar-refractivity contribution in [3.63, 3.8) is 0 Å². The Morgan fingerprint density at radius 1 is 1.10 bits per heavy atom. The number of Topliss-reactive ketones (excluding diaryl/α,β-unsaturated/α-hetero) is 1. The summed E-state index contributed by atoms with van der Waals surface area (Å²) < 4.78 is 5.40. The van der Waals surface area contributed by atoms with E-state index in [0.29, 0.717) is 5.75 Å². The molecule has 21 heavy (non-hydrogen) atoms. The number of carbonyl (C=O) groups excluding carboxylic acids is 1. The number of thioether (sulfide) groups is 1. The Morgan fingerprint density at radius 3 is 2.38 bits per heavy atom. The van der Waals surface area contributed by atoms with Crippen molar-refractivity contribution in [1.29, 1.82) is 0 Å². The van der Waals surface area contributed by atoms with Crippen molar-refractivity contribution < 1.29 is 9.53 Å². The monoisotopic (exact) mass is 300 g/mol. The lowest BCUT2D eigenvalue weighted by Crippen LogP contribution is -2.08. The smallest absolute Gasteiger partial charge is 0.173 e. The van der Waals surface area contributed by atoms with Gasteiger partial charge < -0.3 is 4.74 Å². The SMILES string of the molecule is COc1c(C)cc(C(=O)CSc2ccccc2)c(C)c1C. The normalized spacial score (nSPS) is 10.5. The minimum absolute atomic E-state index is 0.162. The number of hydrogen-bond acceptors (Lipinski definition) is 3. The third-order valence-corrected chi connectivity index (χ3v) is 4.66. The number of aryl methyl sites for hydroxylation is 1. The molecule has 0 heterocycles. The molecule has 3 heteroatoms. The van der Waals surface area contributed by atoms with Gasteiger partial charge in [-0.25, -0.2) is 0 Å². The minimum Gasteiger partial charge on any atom is -0.496 e. The molecular weight excluding hydrogens is 280 g/mol. The molecule has 2 aromatic carbocycles. The minimum atomic E-state index is 0.162. The Labute approximate surface area is 130 Å². The number of benzene rings is 2. The van der Waals surface area contributed by atoms with Crippen LogP contribution < -0.4 is 4.74 Å². The molecule has 0 amide bonds. The van der Waals surface area contributed by atoms with Crippen molar-refractivity contribution in [3.8, 4) is 5.75 Å². The lowest BCUT2D eigenvalue weighted by Gasteiger charge is -2.15. The van der Waals surface area contributed by atoms with Crippen molar-refractivity contribution in [2.24, 2.45) is 0 Å². The van der Waals surface area contributed by atoms with Crippen LogP contribution in [0, 0.1) is 20.8 Å². The van der Waals surface area contributed by atoms with E-state index in [9.17, 15) is 4.79 Å². The third-order valence-electron chi connectivity index (χ3n) is 3.64. The van der Waals surface area contributed by atoms with E-state index in [2.05, 4.69) is 0 Å². The molecule has 110 valence electrons. The van der Waals surface area contributed by atoms with Crippen LogP contribution in [0.15, 0.2) is 41.3 Å². The molecule has 0 fully saturated rings. The number of hydrogen-bond donors (Lipinski definition) is 0. The Hall–Kier alpha value is -1.74. The molecule has 0 N–H and O–H groups in total. The quantitative estimate of drug-likeness (QED) is 0.596. The van der Waals surface area contributed by atoms with Crippen molar-refractivity contribution in [3.05, 3.63) is 58.7 Å². The van der Waals surface area contributed by atoms with Crippen LogP contribution in [0.3, 0.4) is 0 Å². The molecule has 0 saturated heterocycles. The third kappa shape index (κ3) is 3.48. The first-order chi connectivity index (χ1) is 10.0. The highest BCUT2D eigenvalue weighted by molar-refractivity contribution is 8.00. The zero-order valence-electron chi connectivity index (χ0n) is 12.9. The number of rotatable bonds is 5. The molecule has 0 saturated carbocycles. The molecule has 2 aromatic rings. The fourth-order valence-electron chi connectivity index (χ4n) is 2.41. The first-order valence-corrected chi connectivity index (χ1v) is 7.89. The van der Waals surface area contributed by atoms with Gasteiger partial charge in [0.25, 0.3) is 0 Å². The summed E-state index contributed by atoms with van der Waals surface area (Å²) >= 11 is 1.57. The average molecular weight is 300 g/mol. The van der Waals surface area contributed by atoms with Gasteiger partial charge in [0.05, 0.1) is 12.9 Å². The Kier molecular flexibility index (Phi) is 5.07. The van der Waals surface area contributed by atoms with E-state index in [1.807, 2.05) is 57.2 Å². The number of ether oxygens (including phenoxy) is 1. The fourth-order valence-corrected chi connectivity index (χ4v) is 3.21. The highest BCUT2D eigenvalue weighted by Gasteiger charge is 2.16. The van der Waals surface area contributed by atoms with Gasteiger partial charge in [0.15, 0.2) is 5.78 Å². The number of ketones is 1. The van der Waals surface area contributed by atoms with E-state index in [0.717, 1.165) is 32.9 Å².